The molecule has 1 aliphatic heterocycles. The first-order chi connectivity index (χ1) is 17.7. The first kappa shape index (κ1) is 26.8. The molecule has 1 fully saturated rings. The van der Waals surface area contributed by atoms with E-state index >= 15 is 0 Å². The highest BCUT2D eigenvalue weighted by atomic mass is 79.9. The van der Waals surface area contributed by atoms with E-state index in [4.69, 9.17) is 21.1 Å². The third-order valence-electron chi connectivity index (χ3n) is 5.44. The number of imide groups is 1. The van der Waals surface area contributed by atoms with Crippen LogP contribution in [0, 0.1) is 6.92 Å². The van der Waals surface area contributed by atoms with E-state index in [9.17, 15) is 14.4 Å². The van der Waals surface area contributed by atoms with Crippen molar-refractivity contribution < 1.29 is 23.9 Å². The van der Waals surface area contributed by atoms with Crippen LogP contribution in [-0.2, 0) is 16.2 Å². The molecule has 0 saturated carbocycles. The average Bonchev–Trinajstić information content (AvgIpc) is 3.13. The lowest BCUT2D eigenvalue weighted by molar-refractivity contribution is -0.127. The molecule has 0 aliphatic carbocycles. The van der Waals surface area contributed by atoms with Crippen LogP contribution in [0.5, 0.6) is 11.5 Å². The number of carbonyl (C=O) groups is 3. The van der Waals surface area contributed by atoms with Crippen molar-refractivity contribution in [3.05, 3.63) is 91.8 Å². The van der Waals surface area contributed by atoms with Crippen LogP contribution in [0.1, 0.15) is 16.7 Å². The van der Waals surface area contributed by atoms with Crippen LogP contribution in [0.15, 0.2) is 70.0 Å². The molecule has 0 radical (unpaired) electrons. The van der Waals surface area contributed by atoms with Gasteiger partial charge in [-0.1, -0.05) is 51.8 Å². The maximum Gasteiger partial charge on any atom is 0.294 e. The minimum Gasteiger partial charge on any atom is -0.493 e. The van der Waals surface area contributed by atoms with Crippen molar-refractivity contribution in [3.63, 3.8) is 0 Å². The van der Waals surface area contributed by atoms with Crippen LogP contribution in [0.3, 0.4) is 0 Å². The van der Waals surface area contributed by atoms with Gasteiger partial charge in [0.15, 0.2) is 11.5 Å². The van der Waals surface area contributed by atoms with Gasteiger partial charge in [0.1, 0.15) is 13.2 Å². The zero-order valence-electron chi connectivity index (χ0n) is 19.9. The number of hydrogen-bond donors (Lipinski definition) is 1. The molecule has 3 aromatic rings. The van der Waals surface area contributed by atoms with Gasteiger partial charge in [-0.2, -0.15) is 0 Å². The van der Waals surface area contributed by atoms with Crippen LogP contribution in [-0.4, -0.2) is 35.6 Å². The molecule has 4 rings (SSSR count). The Balaban J connectivity index is 1.43. The van der Waals surface area contributed by atoms with Gasteiger partial charge in [0.2, 0.25) is 5.91 Å². The van der Waals surface area contributed by atoms with Gasteiger partial charge in [-0.05, 0) is 77.9 Å². The molecule has 0 atom stereocenters. The van der Waals surface area contributed by atoms with Crippen LogP contribution < -0.4 is 14.8 Å². The van der Waals surface area contributed by atoms with Gasteiger partial charge in [-0.3, -0.25) is 19.3 Å². The number of benzene rings is 3. The molecule has 37 heavy (non-hydrogen) atoms. The molecule has 190 valence electrons. The highest BCUT2D eigenvalue weighted by Crippen LogP contribution is 2.35. The van der Waals surface area contributed by atoms with E-state index < -0.39 is 23.6 Å². The Hall–Kier alpha value is -3.27. The summed E-state index contributed by atoms with van der Waals surface area (Å²) in [5.74, 6) is -0.00429. The van der Waals surface area contributed by atoms with Gasteiger partial charge < -0.3 is 14.8 Å². The zero-order chi connectivity index (χ0) is 26.5. The topological polar surface area (TPSA) is 84.9 Å². The van der Waals surface area contributed by atoms with Crippen molar-refractivity contribution in [2.75, 3.05) is 19.0 Å². The zero-order valence-corrected chi connectivity index (χ0v) is 23.1. The number of carbonyl (C=O) groups excluding carboxylic acids is 3. The maximum atomic E-state index is 12.9. The lowest BCUT2D eigenvalue weighted by atomic mass is 10.1. The molecular formula is C27H22BrClN2O5S. The second-order valence-corrected chi connectivity index (χ2v) is 10.4. The van der Waals surface area contributed by atoms with E-state index in [-0.39, 0.29) is 4.91 Å². The third kappa shape index (κ3) is 6.74. The van der Waals surface area contributed by atoms with E-state index in [1.807, 2.05) is 31.2 Å². The van der Waals surface area contributed by atoms with Crippen LogP contribution in [0.4, 0.5) is 10.5 Å². The summed E-state index contributed by atoms with van der Waals surface area (Å²) in [4.78, 5) is 39.0. The smallest absolute Gasteiger partial charge is 0.294 e. The Morgan fingerprint density at radius 3 is 2.57 bits per heavy atom. The summed E-state index contributed by atoms with van der Waals surface area (Å²) < 4.78 is 12.3. The van der Waals surface area contributed by atoms with E-state index in [0.29, 0.717) is 34.4 Å². The lowest BCUT2D eigenvalue weighted by Gasteiger charge is -2.14. The summed E-state index contributed by atoms with van der Waals surface area (Å²) >= 11 is 10.2. The summed E-state index contributed by atoms with van der Waals surface area (Å²) in [5, 5.41) is 2.65. The molecule has 1 N–H and O–H groups in total. The van der Waals surface area contributed by atoms with Crippen molar-refractivity contribution in [3.8, 4) is 11.5 Å². The number of halogens is 2. The number of aryl methyl sites for hydroxylation is 1. The molecule has 3 amide bonds. The Morgan fingerprint density at radius 2 is 1.84 bits per heavy atom. The Labute approximate surface area is 231 Å². The average molecular weight is 602 g/mol. The fourth-order valence-electron chi connectivity index (χ4n) is 3.48. The molecule has 0 aromatic heterocycles. The monoisotopic (exact) mass is 600 g/mol. The van der Waals surface area contributed by atoms with Gasteiger partial charge in [0.25, 0.3) is 11.1 Å². The SMILES string of the molecule is COc1cc(/C=C2\SC(=O)N(CC(=O)Nc3cc(Cl)ccc3C)C2=O)ccc1OCc1ccc(Br)cc1. The molecule has 1 heterocycles. The Kier molecular flexibility index (Phi) is 8.58. The minimum absolute atomic E-state index is 0.210. The minimum atomic E-state index is -0.539. The summed E-state index contributed by atoms with van der Waals surface area (Å²) in [6, 6.07) is 18.1. The van der Waals surface area contributed by atoms with E-state index in [1.165, 1.54) is 7.11 Å². The molecular weight excluding hydrogens is 580 g/mol. The van der Waals surface area contributed by atoms with Gasteiger partial charge in [-0.15, -0.1) is 0 Å². The van der Waals surface area contributed by atoms with Crippen molar-refractivity contribution in [2.24, 2.45) is 0 Å². The molecule has 7 nitrogen and oxygen atoms in total. The normalized spacial score (nSPS) is 14.3. The van der Waals surface area contributed by atoms with E-state index in [0.717, 1.165) is 32.3 Å². The predicted octanol–water partition coefficient (Wildman–Crippen LogP) is 6.67. The van der Waals surface area contributed by atoms with E-state index in [1.54, 1.807) is 42.5 Å². The number of anilines is 1. The third-order valence-corrected chi connectivity index (χ3v) is 7.11. The predicted molar refractivity (Wildman–Crippen MR) is 149 cm³/mol. The number of nitrogens with zero attached hydrogens (tertiary/aromatic N) is 1. The fourth-order valence-corrected chi connectivity index (χ4v) is 4.76. The van der Waals surface area contributed by atoms with Gasteiger partial charge in [0.05, 0.1) is 12.0 Å². The summed E-state index contributed by atoms with van der Waals surface area (Å²) in [5.41, 5.74) is 2.98. The van der Waals surface area contributed by atoms with Gasteiger partial charge >= 0.3 is 0 Å². The fraction of sp³-hybridized carbons (Fsp3) is 0.148. The summed E-state index contributed by atoms with van der Waals surface area (Å²) in [6.07, 6.45) is 1.59. The molecule has 1 aliphatic rings. The van der Waals surface area contributed by atoms with Crippen LogP contribution in [0.25, 0.3) is 6.08 Å². The highest BCUT2D eigenvalue weighted by molar-refractivity contribution is 9.10. The second-order valence-electron chi connectivity index (χ2n) is 8.10. The standard InChI is InChI=1S/C27H22BrClN2O5S/c1-16-3-9-20(29)13-21(16)30-25(32)14-31-26(33)24(37-27(31)34)12-18-6-10-22(23(11-18)35-2)36-15-17-4-7-19(28)8-5-17/h3-13H,14-15H2,1-2H3,(H,30,32)/b24-12-. The maximum absolute atomic E-state index is 12.9. The van der Waals surface area contributed by atoms with Gasteiger partial charge in [-0.25, -0.2) is 0 Å². The van der Waals surface area contributed by atoms with Gasteiger partial charge in [0, 0.05) is 15.2 Å². The molecule has 0 spiro atoms. The Bertz CT molecular complexity index is 1390. The van der Waals surface area contributed by atoms with Crippen LogP contribution >= 0.6 is 39.3 Å². The summed E-state index contributed by atoms with van der Waals surface area (Å²) in [7, 11) is 1.53. The number of ether oxygens (including phenoxy) is 2. The van der Waals surface area contributed by atoms with Crippen molar-refractivity contribution in [2.45, 2.75) is 13.5 Å². The number of amides is 3. The molecule has 3 aromatic carbocycles. The number of hydrogen-bond acceptors (Lipinski definition) is 6. The molecule has 10 heteroatoms. The first-order valence-corrected chi connectivity index (χ1v) is 13.1. The van der Waals surface area contributed by atoms with E-state index in [2.05, 4.69) is 21.2 Å². The number of methoxy groups -OCH3 is 1. The van der Waals surface area contributed by atoms with Crippen LogP contribution in [0.2, 0.25) is 5.02 Å². The Morgan fingerprint density at radius 1 is 1.08 bits per heavy atom. The largest absolute Gasteiger partial charge is 0.493 e. The second kappa shape index (κ2) is 11.9. The molecule has 0 unspecified atom stereocenters. The number of rotatable bonds is 8. The number of nitrogens with one attached hydrogen (secondary N) is 1. The quantitative estimate of drug-likeness (QED) is 0.290. The molecule has 0 bridgehead atoms. The number of thioether (sulfide) groups is 1. The van der Waals surface area contributed by atoms with Crippen molar-refractivity contribution in [1.29, 1.82) is 0 Å². The van der Waals surface area contributed by atoms with Crippen molar-refractivity contribution >= 4 is 68.1 Å². The lowest BCUT2D eigenvalue weighted by Crippen LogP contribution is -2.36. The first-order valence-electron chi connectivity index (χ1n) is 11.1. The summed E-state index contributed by atoms with van der Waals surface area (Å²) in [6.45, 7) is 1.78. The molecule has 1 saturated heterocycles. The highest BCUT2D eigenvalue weighted by Gasteiger charge is 2.36. The van der Waals surface area contributed by atoms with Crippen molar-refractivity contribution in [1.82, 2.24) is 4.90 Å².